The van der Waals surface area contributed by atoms with Crippen molar-refractivity contribution in [1.82, 2.24) is 14.6 Å². The Kier molecular flexibility index (Phi) is 2.38. The molecule has 17 heavy (non-hydrogen) atoms. The Bertz CT molecular complexity index is 624. The maximum atomic E-state index is 12.8. The molecule has 0 aliphatic rings. The standard InChI is InChI=1S/C11H9FN4S/c12-8-3-1-7(2-4-8)9-6-16-11(14-9)17-10(5-13)15-16/h1-4,6H,5,13H2. The highest BCUT2D eigenvalue weighted by molar-refractivity contribution is 7.16. The first-order valence-corrected chi connectivity index (χ1v) is 5.89. The number of rotatable bonds is 2. The molecule has 0 spiro atoms. The largest absolute Gasteiger partial charge is 0.324 e. The van der Waals surface area contributed by atoms with Gasteiger partial charge >= 0.3 is 0 Å². The highest BCUT2D eigenvalue weighted by Crippen LogP contribution is 2.22. The number of benzene rings is 1. The van der Waals surface area contributed by atoms with Gasteiger partial charge in [-0.25, -0.2) is 13.9 Å². The highest BCUT2D eigenvalue weighted by atomic mass is 32.1. The molecule has 0 amide bonds. The first-order chi connectivity index (χ1) is 8.26. The molecule has 0 fully saturated rings. The molecular formula is C11H9FN4S. The van der Waals surface area contributed by atoms with Gasteiger partial charge in [-0.2, -0.15) is 5.10 Å². The second-order valence-corrected chi connectivity index (χ2v) is 4.60. The highest BCUT2D eigenvalue weighted by Gasteiger charge is 2.08. The maximum absolute atomic E-state index is 12.8. The summed E-state index contributed by atoms with van der Waals surface area (Å²) >= 11 is 1.46. The van der Waals surface area contributed by atoms with Crippen LogP contribution in [0.5, 0.6) is 0 Å². The van der Waals surface area contributed by atoms with Crippen LogP contribution in [-0.2, 0) is 6.54 Å². The third kappa shape index (κ3) is 1.81. The van der Waals surface area contributed by atoms with E-state index in [1.807, 2.05) is 6.20 Å². The van der Waals surface area contributed by atoms with Crippen LogP contribution in [-0.4, -0.2) is 14.6 Å². The predicted molar refractivity (Wildman–Crippen MR) is 64.1 cm³/mol. The molecule has 3 rings (SSSR count). The summed E-state index contributed by atoms with van der Waals surface area (Å²) in [5.74, 6) is -0.252. The number of aromatic nitrogens is 3. The maximum Gasteiger partial charge on any atom is 0.212 e. The molecule has 2 aromatic heterocycles. The zero-order valence-corrected chi connectivity index (χ0v) is 9.62. The molecule has 0 aliphatic carbocycles. The van der Waals surface area contributed by atoms with E-state index in [0.29, 0.717) is 6.54 Å². The Morgan fingerprint density at radius 1 is 1.29 bits per heavy atom. The third-order valence-corrected chi connectivity index (χ3v) is 3.34. The summed E-state index contributed by atoms with van der Waals surface area (Å²) in [6, 6.07) is 6.24. The number of hydrogen-bond donors (Lipinski definition) is 1. The summed E-state index contributed by atoms with van der Waals surface area (Å²) in [6.07, 6.45) is 1.82. The van der Waals surface area contributed by atoms with Gasteiger partial charge in [0, 0.05) is 12.1 Å². The van der Waals surface area contributed by atoms with Crippen molar-refractivity contribution in [2.45, 2.75) is 6.54 Å². The number of fused-ring (bicyclic) bond motifs is 1. The minimum atomic E-state index is -0.252. The third-order valence-electron chi connectivity index (χ3n) is 2.40. The molecule has 0 unspecified atom stereocenters. The van der Waals surface area contributed by atoms with E-state index < -0.39 is 0 Å². The predicted octanol–water partition coefficient (Wildman–Crippen LogP) is 2.06. The fourth-order valence-electron chi connectivity index (χ4n) is 1.58. The van der Waals surface area contributed by atoms with Crippen molar-refractivity contribution < 1.29 is 4.39 Å². The summed E-state index contributed by atoms with van der Waals surface area (Å²) in [5.41, 5.74) is 7.16. The lowest BCUT2D eigenvalue weighted by atomic mass is 10.2. The number of hydrogen-bond acceptors (Lipinski definition) is 4. The summed E-state index contributed by atoms with van der Waals surface area (Å²) < 4.78 is 14.5. The molecule has 6 heteroatoms. The van der Waals surface area contributed by atoms with Gasteiger partial charge in [0.05, 0.1) is 11.9 Å². The summed E-state index contributed by atoms with van der Waals surface area (Å²) in [4.78, 5) is 5.22. The number of nitrogens with zero attached hydrogens (tertiary/aromatic N) is 3. The molecule has 86 valence electrons. The van der Waals surface area contributed by atoms with Crippen molar-refractivity contribution in [2.24, 2.45) is 5.73 Å². The smallest absolute Gasteiger partial charge is 0.212 e. The number of imidazole rings is 1. The van der Waals surface area contributed by atoms with Crippen LogP contribution in [0.3, 0.4) is 0 Å². The van der Waals surface area contributed by atoms with Crippen molar-refractivity contribution >= 4 is 16.3 Å². The Hall–Kier alpha value is -1.79. The zero-order chi connectivity index (χ0) is 11.8. The van der Waals surface area contributed by atoms with Crippen LogP contribution in [0.2, 0.25) is 0 Å². The lowest BCUT2D eigenvalue weighted by Gasteiger charge is -1.94. The second-order valence-electron chi connectivity index (χ2n) is 3.56. The van der Waals surface area contributed by atoms with Crippen molar-refractivity contribution in [3.63, 3.8) is 0 Å². The average Bonchev–Trinajstić information content (AvgIpc) is 2.87. The first kappa shape index (κ1) is 10.4. The van der Waals surface area contributed by atoms with Crippen LogP contribution < -0.4 is 5.73 Å². The van der Waals surface area contributed by atoms with Crippen molar-refractivity contribution in [1.29, 1.82) is 0 Å². The van der Waals surface area contributed by atoms with E-state index in [1.165, 1.54) is 23.5 Å². The summed E-state index contributed by atoms with van der Waals surface area (Å²) in [6.45, 7) is 0.417. The molecule has 0 bridgehead atoms. The monoisotopic (exact) mass is 248 g/mol. The van der Waals surface area contributed by atoms with Gasteiger partial charge in [0.1, 0.15) is 10.8 Å². The van der Waals surface area contributed by atoms with E-state index in [2.05, 4.69) is 10.1 Å². The summed E-state index contributed by atoms with van der Waals surface area (Å²) in [7, 11) is 0. The van der Waals surface area contributed by atoms with E-state index in [9.17, 15) is 4.39 Å². The van der Waals surface area contributed by atoms with E-state index in [1.54, 1.807) is 16.6 Å². The van der Waals surface area contributed by atoms with Crippen molar-refractivity contribution in [3.05, 3.63) is 41.3 Å². The van der Waals surface area contributed by atoms with Crippen molar-refractivity contribution in [3.8, 4) is 11.3 Å². The fourth-order valence-corrected chi connectivity index (χ4v) is 2.34. The minimum absolute atomic E-state index is 0.252. The Morgan fingerprint density at radius 3 is 2.71 bits per heavy atom. The molecule has 0 atom stereocenters. The van der Waals surface area contributed by atoms with E-state index in [-0.39, 0.29) is 5.82 Å². The molecule has 4 nitrogen and oxygen atoms in total. The molecule has 1 aromatic carbocycles. The van der Waals surface area contributed by atoms with Crippen LogP contribution >= 0.6 is 11.3 Å². The van der Waals surface area contributed by atoms with E-state index >= 15 is 0 Å². The zero-order valence-electron chi connectivity index (χ0n) is 8.80. The van der Waals surface area contributed by atoms with Gasteiger partial charge in [0.2, 0.25) is 4.96 Å². The quantitative estimate of drug-likeness (QED) is 0.755. The Labute approximate surface area is 101 Å². The summed E-state index contributed by atoms with van der Waals surface area (Å²) in [5, 5.41) is 5.11. The van der Waals surface area contributed by atoms with Gasteiger partial charge in [-0.15, -0.1) is 0 Å². The molecule has 2 heterocycles. The van der Waals surface area contributed by atoms with Crippen LogP contribution in [0.25, 0.3) is 16.2 Å². The first-order valence-electron chi connectivity index (χ1n) is 5.07. The second kappa shape index (κ2) is 3.90. The Balaban J connectivity index is 2.06. The Morgan fingerprint density at radius 2 is 2.06 bits per heavy atom. The van der Waals surface area contributed by atoms with Gasteiger partial charge < -0.3 is 5.73 Å². The van der Waals surface area contributed by atoms with Gasteiger partial charge in [-0.3, -0.25) is 0 Å². The van der Waals surface area contributed by atoms with Crippen LogP contribution in [0.1, 0.15) is 5.01 Å². The van der Waals surface area contributed by atoms with Crippen molar-refractivity contribution in [2.75, 3.05) is 0 Å². The van der Waals surface area contributed by atoms with Crippen LogP contribution in [0, 0.1) is 5.82 Å². The van der Waals surface area contributed by atoms with Gasteiger partial charge in [-0.05, 0) is 24.3 Å². The molecule has 0 radical (unpaired) electrons. The normalized spacial score (nSPS) is 11.2. The number of halogens is 1. The van der Waals surface area contributed by atoms with E-state index in [0.717, 1.165) is 21.2 Å². The lowest BCUT2D eigenvalue weighted by molar-refractivity contribution is 0.628. The number of nitrogens with two attached hydrogens (primary N) is 1. The molecule has 0 saturated heterocycles. The molecular weight excluding hydrogens is 239 g/mol. The van der Waals surface area contributed by atoms with Gasteiger partial charge in [0.25, 0.3) is 0 Å². The average molecular weight is 248 g/mol. The van der Waals surface area contributed by atoms with Gasteiger partial charge in [-0.1, -0.05) is 11.3 Å². The SMILES string of the molecule is NCc1nn2cc(-c3ccc(F)cc3)nc2s1. The molecule has 0 aliphatic heterocycles. The van der Waals surface area contributed by atoms with E-state index in [4.69, 9.17) is 5.73 Å². The fraction of sp³-hybridized carbons (Fsp3) is 0.0909. The van der Waals surface area contributed by atoms with Crippen LogP contribution in [0.15, 0.2) is 30.5 Å². The molecule has 0 saturated carbocycles. The topological polar surface area (TPSA) is 56.2 Å². The molecule has 2 N–H and O–H groups in total. The minimum Gasteiger partial charge on any atom is -0.324 e. The van der Waals surface area contributed by atoms with Crippen LogP contribution in [0.4, 0.5) is 4.39 Å². The molecule has 3 aromatic rings. The van der Waals surface area contributed by atoms with Gasteiger partial charge in [0.15, 0.2) is 0 Å². The lowest BCUT2D eigenvalue weighted by Crippen LogP contribution is -1.95.